The molecule has 0 saturated carbocycles. The Morgan fingerprint density at radius 3 is 2.50 bits per heavy atom. The maximum Gasteiger partial charge on any atom is 0.340 e. The van der Waals surface area contributed by atoms with Crippen molar-refractivity contribution in [2.24, 2.45) is 0 Å². The summed E-state index contributed by atoms with van der Waals surface area (Å²) in [7, 11) is 3.04. The van der Waals surface area contributed by atoms with Crippen LogP contribution < -0.4 is 15.1 Å². The Morgan fingerprint density at radius 2 is 1.81 bits per heavy atom. The number of rotatable bonds is 6. The molecule has 0 unspecified atom stereocenters. The lowest BCUT2D eigenvalue weighted by atomic mass is 10.2. The van der Waals surface area contributed by atoms with Crippen LogP contribution in [0.4, 0.5) is 0 Å². The van der Waals surface area contributed by atoms with Gasteiger partial charge in [-0.05, 0) is 24.3 Å². The first-order valence-electron chi connectivity index (χ1n) is 7.67. The predicted molar refractivity (Wildman–Crippen MR) is 98.6 cm³/mol. The summed E-state index contributed by atoms with van der Waals surface area (Å²) < 4.78 is 15.9. The first-order chi connectivity index (χ1) is 12.5. The van der Waals surface area contributed by atoms with Gasteiger partial charge in [-0.2, -0.15) is 0 Å². The number of benzene rings is 2. The van der Waals surface area contributed by atoms with Gasteiger partial charge in [-0.1, -0.05) is 12.1 Å². The summed E-state index contributed by atoms with van der Waals surface area (Å²) in [5, 5.41) is 9.94. The quantitative estimate of drug-likeness (QED) is 0.520. The Labute approximate surface area is 153 Å². The molecule has 6 nitrogen and oxygen atoms in total. The van der Waals surface area contributed by atoms with Crippen molar-refractivity contribution in [2.45, 2.75) is 10.6 Å². The number of methoxy groups -OCH3 is 2. The molecule has 1 aromatic heterocycles. The summed E-state index contributed by atoms with van der Waals surface area (Å²) in [6.07, 6.45) is 0. The number of carboxylic acid groups (broad SMARTS) is 1. The summed E-state index contributed by atoms with van der Waals surface area (Å²) in [6.45, 7) is 0. The van der Waals surface area contributed by atoms with Gasteiger partial charge in [0.2, 0.25) is 0 Å². The fourth-order valence-corrected chi connectivity index (χ4v) is 3.51. The molecule has 0 bridgehead atoms. The van der Waals surface area contributed by atoms with Crippen LogP contribution in [0.25, 0.3) is 11.0 Å². The third-order valence-electron chi connectivity index (χ3n) is 3.81. The van der Waals surface area contributed by atoms with Crippen LogP contribution in [0.5, 0.6) is 11.5 Å². The van der Waals surface area contributed by atoms with Crippen LogP contribution in [0.15, 0.2) is 56.6 Å². The first kappa shape index (κ1) is 17.9. The number of aromatic carboxylic acids is 1. The van der Waals surface area contributed by atoms with Crippen molar-refractivity contribution in [1.29, 1.82) is 0 Å². The monoisotopic (exact) mass is 372 g/mol. The molecule has 0 saturated heterocycles. The SMILES string of the molecule is COc1cc2cc(CSc3ccccc3C(=O)O)c(=O)oc2cc1OC. The fourth-order valence-electron chi connectivity index (χ4n) is 2.51. The number of fused-ring (bicyclic) bond motifs is 1. The lowest BCUT2D eigenvalue weighted by Crippen LogP contribution is -2.06. The van der Waals surface area contributed by atoms with Gasteiger partial charge in [0.15, 0.2) is 11.5 Å². The Morgan fingerprint density at radius 1 is 1.12 bits per heavy atom. The molecule has 0 amide bonds. The van der Waals surface area contributed by atoms with E-state index in [1.54, 1.807) is 36.4 Å². The van der Waals surface area contributed by atoms with E-state index >= 15 is 0 Å². The van der Waals surface area contributed by atoms with Crippen LogP contribution in [0.1, 0.15) is 15.9 Å². The van der Waals surface area contributed by atoms with Gasteiger partial charge in [0.1, 0.15) is 5.58 Å². The molecule has 3 aromatic rings. The standard InChI is InChI=1S/C19H16O6S/c1-23-15-8-11-7-12(19(22)25-14(11)9-16(15)24-2)10-26-17-6-4-3-5-13(17)18(20)21/h3-9H,10H2,1-2H3,(H,20,21). The second-order valence-corrected chi connectivity index (χ2v) is 6.41. The second kappa shape index (κ2) is 7.53. The van der Waals surface area contributed by atoms with E-state index in [1.165, 1.54) is 32.0 Å². The molecule has 26 heavy (non-hydrogen) atoms. The van der Waals surface area contributed by atoms with Gasteiger partial charge in [0.05, 0.1) is 19.8 Å². The van der Waals surface area contributed by atoms with E-state index in [0.29, 0.717) is 32.9 Å². The smallest absolute Gasteiger partial charge is 0.340 e. The lowest BCUT2D eigenvalue weighted by Gasteiger charge is -2.09. The average Bonchev–Trinajstić information content (AvgIpc) is 2.65. The predicted octanol–water partition coefficient (Wildman–Crippen LogP) is 3.80. The highest BCUT2D eigenvalue weighted by atomic mass is 32.2. The maximum atomic E-state index is 12.3. The molecule has 2 aromatic carbocycles. The minimum atomic E-state index is -1.00. The molecule has 3 rings (SSSR count). The molecule has 0 atom stereocenters. The van der Waals surface area contributed by atoms with E-state index in [0.717, 1.165) is 0 Å². The van der Waals surface area contributed by atoms with Gasteiger partial charge in [0.25, 0.3) is 0 Å². The summed E-state index contributed by atoms with van der Waals surface area (Å²) in [5.74, 6) is 0.288. The molecule has 1 N–H and O–H groups in total. The summed E-state index contributed by atoms with van der Waals surface area (Å²) in [4.78, 5) is 24.1. The third-order valence-corrected chi connectivity index (χ3v) is 4.93. The molecular formula is C19H16O6S. The van der Waals surface area contributed by atoms with Crippen LogP contribution in [-0.2, 0) is 5.75 Å². The normalized spacial score (nSPS) is 10.7. The van der Waals surface area contributed by atoms with Gasteiger partial charge in [0, 0.05) is 27.7 Å². The number of hydrogen-bond acceptors (Lipinski definition) is 6. The number of thioether (sulfide) groups is 1. The van der Waals surface area contributed by atoms with Crippen molar-refractivity contribution in [2.75, 3.05) is 14.2 Å². The zero-order valence-corrected chi connectivity index (χ0v) is 15.0. The lowest BCUT2D eigenvalue weighted by molar-refractivity contribution is 0.0693. The van der Waals surface area contributed by atoms with Crippen molar-refractivity contribution >= 4 is 28.7 Å². The fraction of sp³-hybridized carbons (Fsp3) is 0.158. The molecule has 0 fully saturated rings. The summed E-state index contributed by atoms with van der Waals surface area (Å²) in [5.41, 5.74) is 0.571. The van der Waals surface area contributed by atoms with Gasteiger partial charge in [-0.15, -0.1) is 11.8 Å². The highest BCUT2D eigenvalue weighted by Gasteiger charge is 2.13. The van der Waals surface area contributed by atoms with Crippen molar-refractivity contribution in [1.82, 2.24) is 0 Å². The highest BCUT2D eigenvalue weighted by molar-refractivity contribution is 7.98. The minimum Gasteiger partial charge on any atom is -0.493 e. The number of carboxylic acids is 1. The third kappa shape index (κ3) is 3.52. The number of ether oxygens (including phenoxy) is 2. The molecule has 0 aliphatic heterocycles. The molecule has 0 radical (unpaired) electrons. The summed E-state index contributed by atoms with van der Waals surface area (Å²) >= 11 is 1.27. The summed E-state index contributed by atoms with van der Waals surface area (Å²) in [6, 6.07) is 11.7. The minimum absolute atomic E-state index is 0.203. The zero-order valence-electron chi connectivity index (χ0n) is 14.1. The molecule has 0 aliphatic rings. The van der Waals surface area contributed by atoms with Crippen LogP contribution >= 0.6 is 11.8 Å². The molecule has 0 spiro atoms. The van der Waals surface area contributed by atoms with Crippen molar-refractivity contribution in [3.8, 4) is 11.5 Å². The van der Waals surface area contributed by atoms with E-state index in [-0.39, 0.29) is 11.3 Å². The largest absolute Gasteiger partial charge is 0.493 e. The molecule has 0 aliphatic carbocycles. The molecular weight excluding hydrogens is 356 g/mol. The number of carbonyl (C=O) groups is 1. The van der Waals surface area contributed by atoms with Crippen molar-refractivity contribution < 1.29 is 23.8 Å². The van der Waals surface area contributed by atoms with Crippen molar-refractivity contribution in [3.63, 3.8) is 0 Å². The van der Waals surface area contributed by atoms with Crippen molar-refractivity contribution in [3.05, 3.63) is 64.0 Å². The molecule has 1 heterocycles. The Balaban J connectivity index is 1.95. The first-order valence-corrected chi connectivity index (χ1v) is 8.66. The van der Waals surface area contributed by atoms with Crippen LogP contribution in [0.2, 0.25) is 0 Å². The van der Waals surface area contributed by atoms with E-state index in [9.17, 15) is 14.7 Å². The average molecular weight is 372 g/mol. The Bertz CT molecular complexity index is 1020. The van der Waals surface area contributed by atoms with Gasteiger partial charge >= 0.3 is 11.6 Å². The highest BCUT2D eigenvalue weighted by Crippen LogP contribution is 2.33. The van der Waals surface area contributed by atoms with E-state index in [4.69, 9.17) is 13.9 Å². The van der Waals surface area contributed by atoms with E-state index in [2.05, 4.69) is 0 Å². The molecule has 7 heteroatoms. The number of hydrogen-bond donors (Lipinski definition) is 1. The van der Waals surface area contributed by atoms with Crippen LogP contribution in [0, 0.1) is 0 Å². The van der Waals surface area contributed by atoms with Crippen LogP contribution in [-0.4, -0.2) is 25.3 Å². The Hall–Kier alpha value is -2.93. The van der Waals surface area contributed by atoms with E-state index in [1.807, 2.05) is 0 Å². The maximum absolute atomic E-state index is 12.3. The Kier molecular flexibility index (Phi) is 5.18. The van der Waals surface area contributed by atoms with Gasteiger partial charge < -0.3 is 19.0 Å². The zero-order chi connectivity index (χ0) is 18.7. The molecule has 134 valence electrons. The topological polar surface area (TPSA) is 86.0 Å². The van der Waals surface area contributed by atoms with Crippen LogP contribution in [0.3, 0.4) is 0 Å². The van der Waals surface area contributed by atoms with Gasteiger partial charge in [-0.3, -0.25) is 0 Å². The van der Waals surface area contributed by atoms with E-state index < -0.39 is 11.6 Å². The van der Waals surface area contributed by atoms with Gasteiger partial charge in [-0.25, -0.2) is 9.59 Å². The second-order valence-electron chi connectivity index (χ2n) is 5.39.